The van der Waals surface area contributed by atoms with Crippen molar-refractivity contribution in [3.8, 4) is 0 Å². The molecule has 128 valence electrons. The van der Waals surface area contributed by atoms with E-state index in [4.69, 9.17) is 11.6 Å². The largest absolute Gasteiger partial charge is 0.337 e. The van der Waals surface area contributed by atoms with E-state index in [0.717, 1.165) is 5.01 Å². The molecular weight excluding hydrogens is 353 g/mol. The Balaban J connectivity index is 1.84. The van der Waals surface area contributed by atoms with Crippen molar-refractivity contribution in [3.63, 3.8) is 0 Å². The number of nitrogens with one attached hydrogen (secondary N) is 1. The maximum atomic E-state index is 13.1. The molecule has 0 aliphatic rings. The molecule has 2 amide bonds. The van der Waals surface area contributed by atoms with Crippen LogP contribution >= 0.6 is 22.9 Å². The molecule has 0 aliphatic heterocycles. The lowest BCUT2D eigenvalue weighted by atomic mass is 10.2. The van der Waals surface area contributed by atoms with Crippen molar-refractivity contribution in [3.05, 3.63) is 45.6 Å². The summed E-state index contributed by atoms with van der Waals surface area (Å²) in [6.07, 6.45) is 1.80. The van der Waals surface area contributed by atoms with Gasteiger partial charge in [0.1, 0.15) is 10.8 Å². The Morgan fingerprint density at radius 3 is 2.79 bits per heavy atom. The number of benzene rings is 1. The highest BCUT2D eigenvalue weighted by Crippen LogP contribution is 2.22. The number of hydrogen-bond acceptors (Lipinski definition) is 4. The van der Waals surface area contributed by atoms with E-state index < -0.39 is 5.82 Å². The normalized spacial score (nSPS) is 11.8. The number of anilines is 1. The Morgan fingerprint density at radius 1 is 1.42 bits per heavy atom. The Bertz CT molecular complexity index is 724. The number of nitrogens with zero attached hydrogens (tertiary/aromatic N) is 2. The molecule has 0 saturated carbocycles. The first-order valence-corrected chi connectivity index (χ1v) is 8.54. The van der Waals surface area contributed by atoms with Crippen LogP contribution in [-0.2, 0) is 9.59 Å². The Labute approximate surface area is 148 Å². The van der Waals surface area contributed by atoms with Gasteiger partial charge in [-0.25, -0.2) is 9.37 Å². The van der Waals surface area contributed by atoms with E-state index in [9.17, 15) is 14.0 Å². The molecule has 1 aromatic carbocycles. The zero-order chi connectivity index (χ0) is 17.7. The van der Waals surface area contributed by atoms with Crippen molar-refractivity contribution < 1.29 is 14.0 Å². The molecule has 0 aliphatic carbocycles. The second-order valence-corrected chi connectivity index (χ2v) is 6.56. The van der Waals surface area contributed by atoms with Gasteiger partial charge < -0.3 is 10.2 Å². The fourth-order valence-corrected chi connectivity index (χ4v) is 2.94. The van der Waals surface area contributed by atoms with Crippen LogP contribution in [0.15, 0.2) is 29.8 Å². The Hall–Kier alpha value is -1.99. The summed E-state index contributed by atoms with van der Waals surface area (Å²) in [5, 5.41) is 5.22. The summed E-state index contributed by atoms with van der Waals surface area (Å²) < 4.78 is 13.1. The van der Waals surface area contributed by atoms with Crippen LogP contribution in [0.2, 0.25) is 5.02 Å². The second kappa shape index (κ2) is 8.21. The van der Waals surface area contributed by atoms with Crippen LogP contribution in [0.4, 0.5) is 10.1 Å². The fraction of sp³-hybridized carbons (Fsp3) is 0.312. The highest BCUT2D eigenvalue weighted by molar-refractivity contribution is 7.09. The minimum atomic E-state index is -0.553. The van der Waals surface area contributed by atoms with Crippen LogP contribution in [0.25, 0.3) is 0 Å². The second-order valence-electron chi connectivity index (χ2n) is 5.23. The smallest absolute Gasteiger partial charge is 0.224 e. The number of rotatable bonds is 6. The first-order chi connectivity index (χ1) is 11.4. The molecule has 0 fully saturated rings. The van der Waals surface area contributed by atoms with Crippen molar-refractivity contribution >= 4 is 40.4 Å². The molecule has 0 bridgehead atoms. The number of halogens is 2. The topological polar surface area (TPSA) is 62.3 Å². The monoisotopic (exact) mass is 369 g/mol. The highest BCUT2D eigenvalue weighted by Gasteiger charge is 2.19. The van der Waals surface area contributed by atoms with Gasteiger partial charge in [-0.2, -0.15) is 0 Å². The number of carbonyl (C=O) groups is 2. The SMILES string of the molecule is C[C@H](c1nccs1)N(C)C(=O)CCC(=O)Nc1ccc(F)c(Cl)c1. The molecule has 1 N–H and O–H groups in total. The maximum absolute atomic E-state index is 13.1. The summed E-state index contributed by atoms with van der Waals surface area (Å²) in [7, 11) is 1.69. The van der Waals surface area contributed by atoms with E-state index in [0.29, 0.717) is 5.69 Å². The summed E-state index contributed by atoms with van der Waals surface area (Å²) in [6.45, 7) is 1.89. The van der Waals surface area contributed by atoms with Gasteiger partial charge in [-0.3, -0.25) is 9.59 Å². The van der Waals surface area contributed by atoms with Crippen molar-refractivity contribution in [1.29, 1.82) is 0 Å². The van der Waals surface area contributed by atoms with Gasteiger partial charge in [0.2, 0.25) is 11.8 Å². The number of thiazole rings is 1. The van der Waals surface area contributed by atoms with Crippen molar-refractivity contribution in [2.75, 3.05) is 12.4 Å². The van der Waals surface area contributed by atoms with E-state index in [1.54, 1.807) is 18.1 Å². The molecule has 24 heavy (non-hydrogen) atoms. The molecule has 0 unspecified atom stereocenters. The van der Waals surface area contributed by atoms with Crippen LogP contribution in [0.3, 0.4) is 0 Å². The average Bonchev–Trinajstić information content (AvgIpc) is 3.09. The van der Waals surface area contributed by atoms with Gasteiger partial charge in [0.05, 0.1) is 11.1 Å². The quantitative estimate of drug-likeness (QED) is 0.840. The molecule has 1 aromatic heterocycles. The number of hydrogen-bond donors (Lipinski definition) is 1. The van der Waals surface area contributed by atoms with Gasteiger partial charge in [-0.1, -0.05) is 11.6 Å². The standard InChI is InChI=1S/C16H17ClFN3O2S/c1-10(16-19-7-8-24-16)21(2)15(23)6-5-14(22)20-11-3-4-13(18)12(17)9-11/h3-4,7-10H,5-6H2,1-2H3,(H,20,22)/t10-/m1/s1. The Morgan fingerprint density at radius 2 is 2.17 bits per heavy atom. The highest BCUT2D eigenvalue weighted by atomic mass is 35.5. The lowest BCUT2D eigenvalue weighted by Crippen LogP contribution is -2.30. The van der Waals surface area contributed by atoms with Crippen molar-refractivity contribution in [2.24, 2.45) is 0 Å². The third-order valence-electron chi connectivity index (χ3n) is 3.55. The number of amides is 2. The summed E-state index contributed by atoms with van der Waals surface area (Å²) >= 11 is 7.14. The van der Waals surface area contributed by atoms with E-state index in [1.807, 2.05) is 12.3 Å². The lowest BCUT2D eigenvalue weighted by Gasteiger charge is -2.23. The average molecular weight is 370 g/mol. The molecule has 2 rings (SSSR count). The van der Waals surface area contributed by atoms with E-state index in [1.165, 1.54) is 29.5 Å². The summed E-state index contributed by atoms with van der Waals surface area (Å²) in [4.78, 5) is 29.9. The predicted molar refractivity (Wildman–Crippen MR) is 92.6 cm³/mol. The predicted octanol–water partition coefficient (Wildman–Crippen LogP) is 3.87. The summed E-state index contributed by atoms with van der Waals surface area (Å²) in [5.41, 5.74) is 0.392. The van der Waals surface area contributed by atoms with Gasteiger partial charge in [0.15, 0.2) is 0 Å². The molecule has 0 saturated heterocycles. The van der Waals surface area contributed by atoms with Gasteiger partial charge in [0.25, 0.3) is 0 Å². The van der Waals surface area contributed by atoms with Crippen LogP contribution in [0.1, 0.15) is 30.8 Å². The van der Waals surface area contributed by atoms with E-state index >= 15 is 0 Å². The zero-order valence-electron chi connectivity index (χ0n) is 13.3. The van der Waals surface area contributed by atoms with Gasteiger partial charge in [0, 0.05) is 37.2 Å². The first-order valence-electron chi connectivity index (χ1n) is 7.28. The molecule has 8 heteroatoms. The summed E-state index contributed by atoms with van der Waals surface area (Å²) in [6, 6.07) is 3.77. The van der Waals surface area contributed by atoms with Gasteiger partial charge >= 0.3 is 0 Å². The van der Waals surface area contributed by atoms with E-state index in [2.05, 4.69) is 10.3 Å². The summed E-state index contributed by atoms with van der Waals surface area (Å²) in [5.74, 6) is -1.03. The van der Waals surface area contributed by atoms with Crippen molar-refractivity contribution in [2.45, 2.75) is 25.8 Å². The van der Waals surface area contributed by atoms with Gasteiger partial charge in [-0.15, -0.1) is 11.3 Å². The van der Waals surface area contributed by atoms with Crippen LogP contribution < -0.4 is 5.32 Å². The number of carbonyl (C=O) groups excluding carboxylic acids is 2. The lowest BCUT2D eigenvalue weighted by molar-refractivity contribution is -0.133. The van der Waals surface area contributed by atoms with E-state index in [-0.39, 0.29) is 35.7 Å². The maximum Gasteiger partial charge on any atom is 0.224 e. The van der Waals surface area contributed by atoms with Crippen LogP contribution in [0.5, 0.6) is 0 Å². The van der Waals surface area contributed by atoms with Gasteiger partial charge in [-0.05, 0) is 25.1 Å². The molecule has 0 spiro atoms. The molecule has 2 aromatic rings. The van der Waals surface area contributed by atoms with Crippen LogP contribution in [0, 0.1) is 5.82 Å². The minimum Gasteiger partial charge on any atom is -0.337 e. The number of aromatic nitrogens is 1. The minimum absolute atomic E-state index is 0.0305. The third kappa shape index (κ3) is 4.75. The third-order valence-corrected chi connectivity index (χ3v) is 4.79. The molecular formula is C16H17ClFN3O2S. The zero-order valence-corrected chi connectivity index (χ0v) is 14.8. The van der Waals surface area contributed by atoms with Crippen LogP contribution in [-0.4, -0.2) is 28.7 Å². The molecule has 1 atom stereocenters. The molecule has 0 radical (unpaired) electrons. The fourth-order valence-electron chi connectivity index (χ4n) is 2.02. The van der Waals surface area contributed by atoms with Crippen molar-refractivity contribution in [1.82, 2.24) is 9.88 Å². The first kappa shape index (κ1) is 18.4. The molecule has 1 heterocycles. The Kier molecular flexibility index (Phi) is 6.28. The molecule has 5 nitrogen and oxygen atoms in total.